The van der Waals surface area contributed by atoms with Crippen molar-refractivity contribution in [2.75, 3.05) is 26.4 Å². The van der Waals surface area contributed by atoms with E-state index < -0.39 is 10.0 Å². The van der Waals surface area contributed by atoms with Crippen molar-refractivity contribution in [2.24, 2.45) is 0 Å². The number of benzene rings is 1. The van der Waals surface area contributed by atoms with Crippen LogP contribution in [0, 0.1) is 0 Å². The number of carbonyl (C=O) groups is 1. The minimum absolute atomic E-state index is 0.0605. The topological polar surface area (TPSA) is 75.5 Å². The van der Waals surface area contributed by atoms with Gasteiger partial charge in [0.25, 0.3) is 0 Å². The van der Waals surface area contributed by atoms with E-state index in [1.165, 1.54) is 10.6 Å². The molecule has 0 atom stereocenters. The monoisotopic (exact) mass is 484 g/mol. The highest BCUT2D eigenvalue weighted by atomic mass is 32.2. The van der Waals surface area contributed by atoms with Gasteiger partial charge in [0.05, 0.1) is 17.7 Å². The highest BCUT2D eigenvalue weighted by Gasteiger charge is 2.28. The summed E-state index contributed by atoms with van der Waals surface area (Å²) in [6.07, 6.45) is 7.90. The molecular weight excluding hydrogens is 456 g/mol. The molecule has 0 spiro atoms. The van der Waals surface area contributed by atoms with Crippen LogP contribution in [0.2, 0.25) is 0 Å². The molecular formula is C24H28N4O3S2. The second-order valence-corrected chi connectivity index (χ2v) is 11.3. The van der Waals surface area contributed by atoms with E-state index in [9.17, 15) is 13.2 Å². The molecule has 3 heterocycles. The van der Waals surface area contributed by atoms with Gasteiger partial charge in [-0.3, -0.25) is 9.48 Å². The summed E-state index contributed by atoms with van der Waals surface area (Å²) in [5.41, 5.74) is 2.91. The molecule has 0 radical (unpaired) electrons. The van der Waals surface area contributed by atoms with Crippen molar-refractivity contribution >= 4 is 33.3 Å². The predicted molar refractivity (Wildman–Crippen MR) is 132 cm³/mol. The summed E-state index contributed by atoms with van der Waals surface area (Å²) < 4.78 is 26.9. The Morgan fingerprint density at radius 3 is 2.55 bits per heavy atom. The molecule has 1 saturated heterocycles. The van der Waals surface area contributed by atoms with E-state index in [-0.39, 0.29) is 11.9 Å². The number of carbonyl (C=O) groups excluding carboxylic acids is 1. The second-order valence-electron chi connectivity index (χ2n) is 8.26. The van der Waals surface area contributed by atoms with Crippen LogP contribution in [-0.4, -0.2) is 65.7 Å². The van der Waals surface area contributed by atoms with E-state index in [4.69, 9.17) is 5.10 Å². The van der Waals surface area contributed by atoms with Crippen LogP contribution in [0.15, 0.2) is 60.1 Å². The van der Waals surface area contributed by atoms with E-state index in [2.05, 4.69) is 12.1 Å². The molecule has 4 rings (SSSR count). The van der Waals surface area contributed by atoms with Crippen molar-refractivity contribution in [3.05, 3.63) is 71.2 Å². The smallest absolute Gasteiger partial charge is 0.246 e. The van der Waals surface area contributed by atoms with Crippen LogP contribution in [-0.2, 0) is 21.4 Å². The number of piperidine rings is 1. The van der Waals surface area contributed by atoms with Crippen LogP contribution < -0.4 is 0 Å². The van der Waals surface area contributed by atoms with E-state index in [1.54, 1.807) is 29.4 Å². The molecule has 0 aliphatic carbocycles. The SMILES string of the molecule is CN(C1CCN(C(=O)/C=C/c2cn(Cc3ccccc3)nc2-c2cccs2)CC1)S(C)(=O)=O. The molecule has 0 N–H and O–H groups in total. The number of likely N-dealkylation sites (tertiary alicyclic amines) is 1. The second kappa shape index (κ2) is 10.0. The zero-order valence-electron chi connectivity index (χ0n) is 18.8. The van der Waals surface area contributed by atoms with Gasteiger partial charge in [-0.2, -0.15) is 5.10 Å². The highest BCUT2D eigenvalue weighted by molar-refractivity contribution is 7.88. The first-order valence-corrected chi connectivity index (χ1v) is 13.6. The zero-order valence-corrected chi connectivity index (χ0v) is 20.4. The number of hydrogen-bond acceptors (Lipinski definition) is 5. The molecule has 1 aromatic carbocycles. The third-order valence-electron chi connectivity index (χ3n) is 5.95. The highest BCUT2D eigenvalue weighted by Crippen LogP contribution is 2.28. The lowest BCUT2D eigenvalue weighted by Gasteiger charge is -2.35. The van der Waals surface area contributed by atoms with Gasteiger partial charge < -0.3 is 4.90 Å². The van der Waals surface area contributed by atoms with Gasteiger partial charge in [0.1, 0.15) is 5.69 Å². The van der Waals surface area contributed by atoms with Gasteiger partial charge in [0.15, 0.2) is 0 Å². The number of hydrogen-bond donors (Lipinski definition) is 0. The molecule has 1 aliphatic rings. The first-order valence-electron chi connectivity index (χ1n) is 10.9. The first-order chi connectivity index (χ1) is 15.8. The van der Waals surface area contributed by atoms with Gasteiger partial charge in [-0.15, -0.1) is 11.3 Å². The number of thiophene rings is 1. The van der Waals surface area contributed by atoms with Gasteiger partial charge in [-0.05, 0) is 35.9 Å². The standard InChI is InChI=1S/C24H28N4O3S2/c1-26(33(2,30)31)21-12-14-27(15-13-21)23(29)11-10-20-18-28(17-19-7-4-3-5-8-19)25-24(20)22-9-6-16-32-22/h3-11,16,18,21H,12-15,17H2,1-2H3/b11-10+. The van der Waals surface area contributed by atoms with Crippen LogP contribution in [0.1, 0.15) is 24.0 Å². The van der Waals surface area contributed by atoms with Crippen LogP contribution in [0.5, 0.6) is 0 Å². The molecule has 3 aromatic rings. The lowest BCUT2D eigenvalue weighted by Crippen LogP contribution is -2.46. The average Bonchev–Trinajstić information content (AvgIpc) is 3.47. The zero-order chi connectivity index (χ0) is 23.4. The molecule has 0 unspecified atom stereocenters. The summed E-state index contributed by atoms with van der Waals surface area (Å²) in [7, 11) is -1.62. The van der Waals surface area contributed by atoms with Crippen LogP contribution in [0.3, 0.4) is 0 Å². The van der Waals surface area contributed by atoms with Crippen molar-refractivity contribution < 1.29 is 13.2 Å². The third kappa shape index (κ3) is 5.79. The average molecular weight is 485 g/mol. The fourth-order valence-corrected chi connectivity index (χ4v) is 5.49. The van der Waals surface area contributed by atoms with Crippen molar-refractivity contribution in [1.29, 1.82) is 0 Å². The minimum atomic E-state index is -3.23. The molecule has 33 heavy (non-hydrogen) atoms. The fraction of sp³-hybridized carbons (Fsp3) is 0.333. The molecule has 1 aliphatic heterocycles. The number of nitrogens with zero attached hydrogens (tertiary/aromatic N) is 4. The maximum absolute atomic E-state index is 12.8. The molecule has 7 nitrogen and oxygen atoms in total. The van der Waals surface area contributed by atoms with Crippen molar-refractivity contribution in [1.82, 2.24) is 19.0 Å². The van der Waals surface area contributed by atoms with Gasteiger partial charge in [-0.25, -0.2) is 12.7 Å². The summed E-state index contributed by atoms with van der Waals surface area (Å²) in [5, 5.41) is 6.80. The summed E-state index contributed by atoms with van der Waals surface area (Å²) >= 11 is 1.62. The molecule has 0 saturated carbocycles. The number of amides is 1. The summed E-state index contributed by atoms with van der Waals surface area (Å²) in [6, 6.07) is 14.1. The predicted octanol–water partition coefficient (Wildman–Crippen LogP) is 3.56. The Labute approximate surface area is 199 Å². The Morgan fingerprint density at radius 2 is 1.91 bits per heavy atom. The van der Waals surface area contributed by atoms with Gasteiger partial charge in [0.2, 0.25) is 15.9 Å². The van der Waals surface area contributed by atoms with Crippen molar-refractivity contribution in [2.45, 2.75) is 25.4 Å². The Bertz CT molecular complexity index is 1210. The Hall–Kier alpha value is -2.75. The normalized spacial score (nSPS) is 15.5. The van der Waals surface area contributed by atoms with E-state index in [0.717, 1.165) is 21.7 Å². The van der Waals surface area contributed by atoms with Crippen LogP contribution in [0.25, 0.3) is 16.6 Å². The molecule has 1 amide bonds. The Kier molecular flexibility index (Phi) is 7.11. The molecule has 9 heteroatoms. The van der Waals surface area contributed by atoms with Crippen molar-refractivity contribution in [3.63, 3.8) is 0 Å². The lowest BCUT2D eigenvalue weighted by atomic mass is 10.1. The Morgan fingerprint density at radius 1 is 1.18 bits per heavy atom. The van der Waals surface area contributed by atoms with E-state index >= 15 is 0 Å². The number of sulfonamides is 1. The van der Waals surface area contributed by atoms with Gasteiger partial charge in [-0.1, -0.05) is 36.4 Å². The van der Waals surface area contributed by atoms with Gasteiger partial charge in [0, 0.05) is 44.0 Å². The minimum Gasteiger partial charge on any atom is -0.339 e. The maximum Gasteiger partial charge on any atom is 0.246 e. The number of aromatic nitrogens is 2. The largest absolute Gasteiger partial charge is 0.339 e. The molecule has 1 fully saturated rings. The van der Waals surface area contributed by atoms with Gasteiger partial charge >= 0.3 is 0 Å². The van der Waals surface area contributed by atoms with Crippen LogP contribution >= 0.6 is 11.3 Å². The lowest BCUT2D eigenvalue weighted by molar-refractivity contribution is -0.127. The summed E-state index contributed by atoms with van der Waals surface area (Å²) in [5.74, 6) is -0.0663. The number of rotatable bonds is 7. The van der Waals surface area contributed by atoms with Crippen molar-refractivity contribution in [3.8, 4) is 10.6 Å². The summed E-state index contributed by atoms with van der Waals surface area (Å²) in [4.78, 5) is 15.7. The third-order valence-corrected chi connectivity index (χ3v) is 8.17. The van der Waals surface area contributed by atoms with E-state index in [0.29, 0.717) is 32.5 Å². The quantitative estimate of drug-likeness (QED) is 0.481. The first kappa shape index (κ1) is 23.4. The maximum atomic E-state index is 12.8. The fourth-order valence-electron chi connectivity index (χ4n) is 4.00. The Balaban J connectivity index is 1.46. The van der Waals surface area contributed by atoms with E-state index in [1.807, 2.05) is 52.7 Å². The molecule has 174 valence electrons. The van der Waals surface area contributed by atoms with Crippen LogP contribution in [0.4, 0.5) is 0 Å². The summed E-state index contributed by atoms with van der Waals surface area (Å²) in [6.45, 7) is 1.74. The molecule has 2 aromatic heterocycles. The molecule has 0 bridgehead atoms.